The van der Waals surface area contributed by atoms with Crippen LogP contribution in [0.1, 0.15) is 5.56 Å². The molecule has 4 nitrogen and oxygen atoms in total. The van der Waals surface area contributed by atoms with Crippen molar-refractivity contribution < 1.29 is 9.66 Å². The first kappa shape index (κ1) is 9.98. The number of hydrogen-bond acceptors (Lipinski definition) is 3. The zero-order valence-corrected chi connectivity index (χ0v) is 8.79. The Labute approximate surface area is 83.8 Å². The molecule has 0 aliphatic heterocycles. The standard InChI is InChI=1S/C8H8BrNO3/c1-5-3-7(10(11)12)6(9)4-8(5)13-2/h3-4H,1-2H3. The first-order valence-electron chi connectivity index (χ1n) is 3.54. The SMILES string of the molecule is COc1cc(Br)c([N+](=O)[O-])cc1C. The van der Waals surface area contributed by atoms with Crippen molar-refractivity contribution in [3.8, 4) is 5.75 Å². The molecule has 5 heteroatoms. The van der Waals surface area contributed by atoms with Gasteiger partial charge in [-0.2, -0.15) is 0 Å². The van der Waals surface area contributed by atoms with E-state index in [1.54, 1.807) is 13.0 Å². The Morgan fingerprint density at radius 2 is 2.15 bits per heavy atom. The van der Waals surface area contributed by atoms with Gasteiger partial charge < -0.3 is 4.74 Å². The number of aryl methyl sites for hydroxylation is 1. The van der Waals surface area contributed by atoms with E-state index in [1.807, 2.05) is 0 Å². The first-order chi connectivity index (χ1) is 6.06. The zero-order valence-electron chi connectivity index (χ0n) is 7.20. The number of nitrogens with zero attached hydrogens (tertiary/aromatic N) is 1. The lowest BCUT2D eigenvalue weighted by Crippen LogP contribution is -1.93. The molecule has 0 N–H and O–H groups in total. The normalized spacial score (nSPS) is 9.77. The van der Waals surface area contributed by atoms with Gasteiger partial charge in [0.1, 0.15) is 5.75 Å². The molecule has 0 aromatic heterocycles. The molecule has 0 atom stereocenters. The lowest BCUT2D eigenvalue weighted by molar-refractivity contribution is -0.385. The second-order valence-corrected chi connectivity index (χ2v) is 3.38. The highest BCUT2D eigenvalue weighted by atomic mass is 79.9. The van der Waals surface area contributed by atoms with E-state index in [4.69, 9.17) is 4.74 Å². The fourth-order valence-electron chi connectivity index (χ4n) is 1.01. The van der Waals surface area contributed by atoms with Crippen molar-refractivity contribution in [2.24, 2.45) is 0 Å². The van der Waals surface area contributed by atoms with Gasteiger partial charge in [0, 0.05) is 12.1 Å². The summed E-state index contributed by atoms with van der Waals surface area (Å²) in [5, 5.41) is 10.5. The minimum absolute atomic E-state index is 0.0540. The van der Waals surface area contributed by atoms with Crippen LogP contribution in [-0.4, -0.2) is 12.0 Å². The van der Waals surface area contributed by atoms with Crippen LogP contribution >= 0.6 is 15.9 Å². The van der Waals surface area contributed by atoms with Crippen molar-refractivity contribution in [2.45, 2.75) is 6.92 Å². The number of nitro benzene ring substituents is 1. The molecule has 0 saturated carbocycles. The molecule has 0 aliphatic carbocycles. The van der Waals surface area contributed by atoms with Crippen LogP contribution in [-0.2, 0) is 0 Å². The topological polar surface area (TPSA) is 52.4 Å². The van der Waals surface area contributed by atoms with E-state index in [9.17, 15) is 10.1 Å². The summed E-state index contributed by atoms with van der Waals surface area (Å²) in [7, 11) is 1.53. The summed E-state index contributed by atoms with van der Waals surface area (Å²) >= 11 is 3.10. The molecule has 0 aliphatic rings. The van der Waals surface area contributed by atoms with Crippen molar-refractivity contribution in [3.05, 3.63) is 32.3 Å². The molecule has 1 aromatic rings. The Balaban J connectivity index is 3.28. The lowest BCUT2D eigenvalue weighted by Gasteiger charge is -2.04. The molecule has 0 heterocycles. The van der Waals surface area contributed by atoms with Crippen LogP contribution in [0.15, 0.2) is 16.6 Å². The monoisotopic (exact) mass is 245 g/mol. The van der Waals surface area contributed by atoms with E-state index < -0.39 is 4.92 Å². The van der Waals surface area contributed by atoms with Crippen molar-refractivity contribution in [2.75, 3.05) is 7.11 Å². The minimum atomic E-state index is -0.434. The van der Waals surface area contributed by atoms with Crippen LogP contribution in [0.5, 0.6) is 5.75 Å². The number of methoxy groups -OCH3 is 1. The van der Waals surface area contributed by atoms with Gasteiger partial charge in [0.15, 0.2) is 0 Å². The van der Waals surface area contributed by atoms with E-state index in [2.05, 4.69) is 15.9 Å². The maximum Gasteiger partial charge on any atom is 0.284 e. The van der Waals surface area contributed by atoms with E-state index in [1.165, 1.54) is 13.2 Å². The summed E-state index contributed by atoms with van der Waals surface area (Å²) in [5.41, 5.74) is 0.802. The largest absolute Gasteiger partial charge is 0.496 e. The number of ether oxygens (including phenoxy) is 1. The van der Waals surface area contributed by atoms with Gasteiger partial charge in [-0.15, -0.1) is 0 Å². The molecule has 0 unspecified atom stereocenters. The lowest BCUT2D eigenvalue weighted by atomic mass is 10.2. The first-order valence-corrected chi connectivity index (χ1v) is 4.34. The van der Waals surface area contributed by atoms with Crippen LogP contribution in [0, 0.1) is 17.0 Å². The van der Waals surface area contributed by atoms with E-state index in [-0.39, 0.29) is 5.69 Å². The van der Waals surface area contributed by atoms with Gasteiger partial charge in [0.2, 0.25) is 0 Å². The summed E-state index contributed by atoms with van der Waals surface area (Å²) < 4.78 is 5.44. The predicted octanol–water partition coefficient (Wildman–Crippen LogP) is 2.67. The van der Waals surface area contributed by atoms with Crippen LogP contribution in [0.25, 0.3) is 0 Å². The summed E-state index contributed by atoms with van der Waals surface area (Å²) in [6, 6.07) is 3.07. The number of halogens is 1. The average molecular weight is 246 g/mol. The Morgan fingerprint density at radius 1 is 1.54 bits per heavy atom. The van der Waals surface area contributed by atoms with Crippen LogP contribution in [0.3, 0.4) is 0 Å². The Bertz CT molecular complexity index is 351. The van der Waals surface area contributed by atoms with Gasteiger partial charge in [-0.3, -0.25) is 10.1 Å². The number of benzene rings is 1. The molecular formula is C8H8BrNO3. The molecular weight excluding hydrogens is 238 g/mol. The molecule has 0 bridgehead atoms. The third kappa shape index (κ3) is 1.98. The van der Waals surface area contributed by atoms with Crippen molar-refractivity contribution in [1.29, 1.82) is 0 Å². The van der Waals surface area contributed by atoms with Crippen molar-refractivity contribution in [1.82, 2.24) is 0 Å². The fourth-order valence-corrected chi connectivity index (χ4v) is 1.48. The molecule has 0 amide bonds. The Morgan fingerprint density at radius 3 is 2.62 bits per heavy atom. The molecule has 1 rings (SSSR count). The molecule has 13 heavy (non-hydrogen) atoms. The molecule has 0 saturated heterocycles. The Kier molecular flexibility index (Phi) is 2.87. The molecule has 70 valence electrons. The van der Waals surface area contributed by atoms with Gasteiger partial charge in [0.05, 0.1) is 16.5 Å². The molecule has 0 radical (unpaired) electrons. The smallest absolute Gasteiger partial charge is 0.284 e. The molecule has 1 aromatic carbocycles. The zero-order chi connectivity index (χ0) is 10.0. The van der Waals surface area contributed by atoms with Crippen LogP contribution in [0.2, 0.25) is 0 Å². The highest BCUT2D eigenvalue weighted by Crippen LogP contribution is 2.31. The van der Waals surface area contributed by atoms with Gasteiger partial charge in [-0.25, -0.2) is 0 Å². The third-order valence-corrected chi connectivity index (χ3v) is 2.30. The van der Waals surface area contributed by atoms with Crippen molar-refractivity contribution in [3.63, 3.8) is 0 Å². The highest BCUT2D eigenvalue weighted by Gasteiger charge is 2.14. The maximum atomic E-state index is 10.5. The Hall–Kier alpha value is -1.10. The van der Waals surface area contributed by atoms with Crippen molar-refractivity contribution >= 4 is 21.6 Å². The van der Waals surface area contributed by atoms with Gasteiger partial charge in [0.25, 0.3) is 5.69 Å². The van der Waals surface area contributed by atoms with Crippen LogP contribution in [0.4, 0.5) is 5.69 Å². The number of rotatable bonds is 2. The second kappa shape index (κ2) is 3.74. The van der Waals surface area contributed by atoms with E-state index in [0.717, 1.165) is 5.56 Å². The van der Waals surface area contributed by atoms with Gasteiger partial charge >= 0.3 is 0 Å². The predicted molar refractivity (Wildman–Crippen MR) is 52.1 cm³/mol. The summed E-state index contributed by atoms with van der Waals surface area (Å²) in [6.45, 7) is 1.76. The van der Waals surface area contributed by atoms with E-state index in [0.29, 0.717) is 10.2 Å². The fraction of sp³-hybridized carbons (Fsp3) is 0.250. The van der Waals surface area contributed by atoms with E-state index >= 15 is 0 Å². The summed E-state index contributed by atoms with van der Waals surface area (Å²) in [5.74, 6) is 0.637. The number of hydrogen-bond donors (Lipinski definition) is 0. The highest BCUT2D eigenvalue weighted by molar-refractivity contribution is 9.10. The summed E-state index contributed by atoms with van der Waals surface area (Å²) in [6.07, 6.45) is 0. The van der Waals surface area contributed by atoms with Gasteiger partial charge in [-0.1, -0.05) is 0 Å². The maximum absolute atomic E-state index is 10.5. The second-order valence-electron chi connectivity index (χ2n) is 2.53. The molecule has 0 spiro atoms. The minimum Gasteiger partial charge on any atom is -0.496 e. The third-order valence-electron chi connectivity index (χ3n) is 1.66. The quantitative estimate of drug-likeness (QED) is 0.595. The number of nitro groups is 1. The van der Waals surface area contributed by atoms with Gasteiger partial charge in [-0.05, 0) is 28.4 Å². The summed E-state index contributed by atoms with van der Waals surface area (Å²) in [4.78, 5) is 10.1. The average Bonchev–Trinajstić information content (AvgIpc) is 2.07. The molecule has 0 fully saturated rings. The van der Waals surface area contributed by atoms with Crippen LogP contribution < -0.4 is 4.74 Å².